The highest BCUT2D eigenvalue weighted by Gasteiger charge is 2.19. The number of ether oxygens (including phenoxy) is 2. The molecular weight excluding hydrogens is 444 g/mol. The first kappa shape index (κ1) is 26.7. The molecule has 190 valence electrons. The minimum absolute atomic E-state index is 0.0289. The second-order valence-corrected chi connectivity index (χ2v) is 9.25. The van der Waals surface area contributed by atoms with Crippen molar-refractivity contribution in [1.82, 2.24) is 4.98 Å². The van der Waals surface area contributed by atoms with Crippen LogP contribution < -0.4 is 10.1 Å². The van der Waals surface area contributed by atoms with E-state index in [1.165, 1.54) is 19.3 Å². The highest BCUT2D eigenvalue weighted by Crippen LogP contribution is 2.33. The summed E-state index contributed by atoms with van der Waals surface area (Å²) in [7, 11) is 0. The summed E-state index contributed by atoms with van der Waals surface area (Å²) < 4.78 is 11.8. The van der Waals surface area contributed by atoms with Crippen LogP contribution in [0, 0.1) is 12.8 Å². The van der Waals surface area contributed by atoms with E-state index >= 15 is 0 Å². The molecule has 0 unspecified atom stereocenters. The van der Waals surface area contributed by atoms with Crippen molar-refractivity contribution in [1.29, 1.82) is 0 Å². The molecule has 0 saturated heterocycles. The molecule has 2 aromatic rings. The van der Waals surface area contributed by atoms with Gasteiger partial charge in [-0.05, 0) is 74.4 Å². The first-order valence-corrected chi connectivity index (χ1v) is 12.8. The Balaban J connectivity index is 0.000000320. The number of rotatable bonds is 9. The van der Waals surface area contributed by atoms with Crippen molar-refractivity contribution >= 4 is 18.1 Å². The van der Waals surface area contributed by atoms with Gasteiger partial charge in [0.25, 0.3) is 0 Å². The topological polar surface area (TPSA) is 97.8 Å². The third-order valence-electron chi connectivity index (χ3n) is 6.79. The number of carboxylic acids is 1. The standard InChI is InChI=1S/C21H26N2O3.C7H12O2/c1-3-25-21-15(2)19(10-11-22-21)20-9-8-17(23-14-24)12-16(20)13-26-18-6-4-5-7-18;8-7(9)6-4-2-1-3-5-6/h8-12,14,18H,3-7,13H2,1-2H3,(H,23,24);6H,1-5H2,(H,8,9). The van der Waals surface area contributed by atoms with Crippen molar-refractivity contribution in [3.8, 4) is 17.0 Å². The maximum atomic E-state index is 10.8. The molecule has 2 aliphatic rings. The molecule has 1 aromatic heterocycles. The van der Waals surface area contributed by atoms with E-state index < -0.39 is 5.97 Å². The van der Waals surface area contributed by atoms with Crippen LogP contribution in [0.25, 0.3) is 11.1 Å². The lowest BCUT2D eigenvalue weighted by atomic mass is 9.90. The van der Waals surface area contributed by atoms with Crippen molar-refractivity contribution in [3.63, 3.8) is 0 Å². The average molecular weight is 483 g/mol. The fraction of sp³-hybridized carbons (Fsp3) is 0.536. The van der Waals surface area contributed by atoms with Gasteiger partial charge in [-0.15, -0.1) is 0 Å². The van der Waals surface area contributed by atoms with Crippen LogP contribution in [0.15, 0.2) is 30.5 Å². The monoisotopic (exact) mass is 482 g/mol. The molecule has 35 heavy (non-hydrogen) atoms. The van der Waals surface area contributed by atoms with Crippen LogP contribution in [0.4, 0.5) is 5.69 Å². The summed E-state index contributed by atoms with van der Waals surface area (Å²) in [4.78, 5) is 25.5. The van der Waals surface area contributed by atoms with Crippen LogP contribution in [0.5, 0.6) is 5.88 Å². The third kappa shape index (κ3) is 7.79. The molecule has 1 aromatic carbocycles. The third-order valence-corrected chi connectivity index (χ3v) is 6.79. The number of pyridine rings is 1. The molecule has 7 heteroatoms. The van der Waals surface area contributed by atoms with E-state index in [1.807, 2.05) is 38.1 Å². The number of carbonyl (C=O) groups excluding carboxylic acids is 1. The Kier molecular flexibility index (Phi) is 10.5. The summed E-state index contributed by atoms with van der Waals surface area (Å²) >= 11 is 0. The van der Waals surface area contributed by atoms with Crippen LogP contribution >= 0.6 is 0 Å². The predicted molar refractivity (Wildman–Crippen MR) is 137 cm³/mol. The average Bonchev–Trinajstić information content (AvgIpc) is 3.39. The van der Waals surface area contributed by atoms with Gasteiger partial charge in [-0.3, -0.25) is 9.59 Å². The normalized spacial score (nSPS) is 16.3. The highest BCUT2D eigenvalue weighted by molar-refractivity contribution is 5.77. The van der Waals surface area contributed by atoms with Crippen molar-refractivity contribution in [2.24, 2.45) is 5.92 Å². The van der Waals surface area contributed by atoms with Gasteiger partial charge in [0.2, 0.25) is 12.3 Å². The number of aliphatic carboxylic acids is 1. The Hall–Kier alpha value is -2.93. The molecule has 0 spiro atoms. The molecule has 2 fully saturated rings. The molecule has 0 aliphatic heterocycles. The molecule has 0 bridgehead atoms. The van der Waals surface area contributed by atoms with E-state index in [0.29, 0.717) is 31.6 Å². The van der Waals surface area contributed by atoms with Crippen molar-refractivity contribution in [3.05, 3.63) is 41.6 Å². The van der Waals surface area contributed by atoms with Crippen LogP contribution in [0.3, 0.4) is 0 Å². The van der Waals surface area contributed by atoms with Crippen LogP contribution in [0.1, 0.15) is 75.8 Å². The second kappa shape index (κ2) is 13.8. The number of carboxylic acid groups (broad SMARTS) is 1. The SMILES string of the molecule is CCOc1nccc(-c2ccc(NC=O)cc2COC2CCCC2)c1C.O=C(O)C1CCCCC1. The number of amides is 1. The zero-order chi connectivity index (χ0) is 25.0. The summed E-state index contributed by atoms with van der Waals surface area (Å²) in [5, 5.41) is 11.3. The van der Waals surface area contributed by atoms with Gasteiger partial charge in [0.15, 0.2) is 0 Å². The highest BCUT2D eigenvalue weighted by atomic mass is 16.5. The molecule has 0 radical (unpaired) electrons. The molecule has 2 aliphatic carbocycles. The molecule has 4 rings (SSSR count). The molecule has 1 amide bonds. The van der Waals surface area contributed by atoms with Crippen molar-refractivity contribution in [2.45, 2.75) is 84.3 Å². The zero-order valence-electron chi connectivity index (χ0n) is 20.9. The van der Waals surface area contributed by atoms with Crippen molar-refractivity contribution in [2.75, 3.05) is 11.9 Å². The van der Waals surface area contributed by atoms with Crippen molar-refractivity contribution < 1.29 is 24.2 Å². The molecule has 1 heterocycles. The van der Waals surface area contributed by atoms with Gasteiger partial charge in [0, 0.05) is 17.4 Å². The lowest BCUT2D eigenvalue weighted by Crippen LogP contribution is -2.16. The summed E-state index contributed by atoms with van der Waals surface area (Å²) in [5.74, 6) is 0.0243. The number of nitrogens with zero attached hydrogens (tertiary/aromatic N) is 1. The van der Waals surface area contributed by atoms with E-state index in [1.54, 1.807) is 6.20 Å². The van der Waals surface area contributed by atoms with Gasteiger partial charge in [0.05, 0.1) is 25.2 Å². The van der Waals surface area contributed by atoms with Gasteiger partial charge in [-0.2, -0.15) is 0 Å². The Morgan fingerprint density at radius 1 is 1.09 bits per heavy atom. The summed E-state index contributed by atoms with van der Waals surface area (Å²) in [6, 6.07) is 7.91. The molecule has 7 nitrogen and oxygen atoms in total. The first-order chi connectivity index (χ1) is 17.0. The summed E-state index contributed by atoms with van der Waals surface area (Å²) in [6.45, 7) is 5.08. The first-order valence-electron chi connectivity index (χ1n) is 12.8. The number of aromatic nitrogens is 1. The lowest BCUT2D eigenvalue weighted by Gasteiger charge is -2.17. The molecular formula is C28H38N2O5. The Bertz CT molecular complexity index is 966. The number of carbonyl (C=O) groups is 2. The number of benzene rings is 1. The van der Waals surface area contributed by atoms with Crippen LogP contribution in [-0.4, -0.2) is 35.2 Å². The van der Waals surface area contributed by atoms with Gasteiger partial charge in [-0.1, -0.05) is 38.2 Å². The van der Waals surface area contributed by atoms with E-state index in [0.717, 1.165) is 66.5 Å². The lowest BCUT2D eigenvalue weighted by molar-refractivity contribution is -0.142. The Morgan fingerprint density at radius 2 is 1.80 bits per heavy atom. The van der Waals surface area contributed by atoms with Crippen LogP contribution in [-0.2, 0) is 20.9 Å². The van der Waals surface area contributed by atoms with Gasteiger partial charge >= 0.3 is 5.97 Å². The number of nitrogens with one attached hydrogen (secondary N) is 1. The maximum absolute atomic E-state index is 10.8. The van der Waals surface area contributed by atoms with Gasteiger partial charge < -0.3 is 19.9 Å². The molecule has 0 atom stereocenters. The Labute approximate surface area is 208 Å². The fourth-order valence-electron chi connectivity index (χ4n) is 4.84. The maximum Gasteiger partial charge on any atom is 0.306 e. The van der Waals surface area contributed by atoms with E-state index in [2.05, 4.69) is 10.3 Å². The number of hydrogen-bond acceptors (Lipinski definition) is 5. The van der Waals surface area contributed by atoms with E-state index in [-0.39, 0.29) is 5.92 Å². The van der Waals surface area contributed by atoms with Crippen LogP contribution in [0.2, 0.25) is 0 Å². The van der Waals surface area contributed by atoms with E-state index in [4.69, 9.17) is 14.6 Å². The predicted octanol–water partition coefficient (Wildman–Crippen LogP) is 6.13. The minimum atomic E-state index is -0.602. The fourth-order valence-corrected chi connectivity index (χ4v) is 4.84. The summed E-state index contributed by atoms with van der Waals surface area (Å²) in [5.41, 5.74) is 4.99. The number of anilines is 1. The van der Waals surface area contributed by atoms with Gasteiger partial charge in [0.1, 0.15) is 0 Å². The Morgan fingerprint density at radius 3 is 2.43 bits per heavy atom. The largest absolute Gasteiger partial charge is 0.481 e. The number of hydrogen-bond donors (Lipinski definition) is 2. The second-order valence-electron chi connectivity index (χ2n) is 9.25. The molecule has 2 N–H and O–H groups in total. The van der Waals surface area contributed by atoms with Gasteiger partial charge in [-0.25, -0.2) is 4.98 Å². The quantitative estimate of drug-likeness (QED) is 0.417. The smallest absolute Gasteiger partial charge is 0.306 e. The summed E-state index contributed by atoms with van der Waals surface area (Å²) in [6.07, 6.45) is 12.8. The zero-order valence-corrected chi connectivity index (χ0v) is 20.9. The minimum Gasteiger partial charge on any atom is -0.481 e. The van der Waals surface area contributed by atoms with E-state index in [9.17, 15) is 9.59 Å². The molecule has 2 saturated carbocycles.